The van der Waals surface area contributed by atoms with Crippen molar-refractivity contribution in [3.05, 3.63) is 46.5 Å². The molecule has 2 N–H and O–H groups in total. The third-order valence-electron chi connectivity index (χ3n) is 5.75. The number of hydrogen-bond donors (Lipinski definition) is 2. The van der Waals surface area contributed by atoms with Crippen LogP contribution in [0.3, 0.4) is 0 Å². The Morgan fingerprint density at radius 3 is 2.69 bits per heavy atom. The number of sulfonamides is 1. The average molecular weight is 478 g/mol. The zero-order valence-corrected chi connectivity index (χ0v) is 19.5. The monoisotopic (exact) mass is 477 g/mol. The van der Waals surface area contributed by atoms with Crippen molar-refractivity contribution in [3.63, 3.8) is 0 Å². The van der Waals surface area contributed by atoms with Gasteiger partial charge in [-0.2, -0.15) is 4.31 Å². The van der Waals surface area contributed by atoms with E-state index in [1.54, 1.807) is 38.1 Å². The largest absolute Gasteiger partial charge is 0.479 e. The van der Waals surface area contributed by atoms with E-state index >= 15 is 0 Å². The molecule has 1 saturated heterocycles. The van der Waals surface area contributed by atoms with Gasteiger partial charge in [-0.25, -0.2) is 8.42 Å². The fourth-order valence-electron chi connectivity index (χ4n) is 4.02. The van der Waals surface area contributed by atoms with Crippen molar-refractivity contribution in [2.45, 2.75) is 50.7 Å². The molecule has 0 bridgehead atoms. The topological polar surface area (TPSA) is 105 Å². The third-order valence-corrected chi connectivity index (χ3v) is 8.03. The maximum absolute atomic E-state index is 13.6. The molecule has 2 heterocycles. The molecule has 10 heteroatoms. The van der Waals surface area contributed by atoms with Gasteiger partial charge in [-0.15, -0.1) is 0 Å². The van der Waals surface area contributed by atoms with Crippen molar-refractivity contribution in [1.29, 1.82) is 0 Å². The Hall–Kier alpha value is -2.62. The minimum Gasteiger partial charge on any atom is -0.479 e. The lowest BCUT2D eigenvalue weighted by Gasteiger charge is -2.27. The normalized spacial score (nSPS) is 20.9. The summed E-state index contributed by atoms with van der Waals surface area (Å²) < 4.78 is 33.9. The Bertz CT molecular complexity index is 1210. The van der Waals surface area contributed by atoms with Gasteiger partial charge in [0, 0.05) is 23.3 Å². The zero-order valence-electron chi connectivity index (χ0n) is 17.9. The smallest absolute Gasteiger partial charge is 0.265 e. The fraction of sp³-hybridized carbons (Fsp3) is 0.364. The molecule has 8 nitrogen and oxygen atoms in total. The summed E-state index contributed by atoms with van der Waals surface area (Å²) >= 11 is 5.98. The lowest BCUT2D eigenvalue weighted by molar-refractivity contribution is -0.122. The van der Waals surface area contributed by atoms with E-state index in [1.165, 1.54) is 10.4 Å². The van der Waals surface area contributed by atoms with Crippen LogP contribution in [-0.4, -0.2) is 43.2 Å². The summed E-state index contributed by atoms with van der Waals surface area (Å²) in [6.07, 6.45) is 0.268. The number of rotatable bonds is 4. The van der Waals surface area contributed by atoms with E-state index in [0.29, 0.717) is 40.6 Å². The summed E-state index contributed by atoms with van der Waals surface area (Å²) in [5.41, 5.74) is 2.27. The van der Waals surface area contributed by atoms with Gasteiger partial charge in [0.05, 0.1) is 10.6 Å². The third kappa shape index (κ3) is 4.07. The van der Waals surface area contributed by atoms with Gasteiger partial charge in [0.2, 0.25) is 15.9 Å². The first-order chi connectivity index (χ1) is 15.1. The molecule has 2 aliphatic rings. The molecule has 1 fully saturated rings. The molecule has 0 unspecified atom stereocenters. The van der Waals surface area contributed by atoms with Crippen molar-refractivity contribution in [2.24, 2.45) is 0 Å². The van der Waals surface area contributed by atoms with Crippen molar-refractivity contribution < 1.29 is 22.7 Å². The molecule has 2 atom stereocenters. The number of fused-ring (bicyclic) bond motifs is 1. The van der Waals surface area contributed by atoms with Gasteiger partial charge < -0.3 is 15.4 Å². The number of carbonyl (C=O) groups is 2. The SMILES string of the molecule is Cc1cc(Cl)ccc1NC(=O)[C@H]1CCCN1S(=O)(=O)c1cc2c(cc1C)NC(=O)[C@@H](C)O2. The van der Waals surface area contributed by atoms with Gasteiger partial charge >= 0.3 is 0 Å². The number of halogens is 1. The molecule has 0 aliphatic carbocycles. The quantitative estimate of drug-likeness (QED) is 0.701. The summed E-state index contributed by atoms with van der Waals surface area (Å²) in [4.78, 5) is 24.9. The van der Waals surface area contributed by atoms with Gasteiger partial charge in [-0.3, -0.25) is 9.59 Å². The number of ether oxygens (including phenoxy) is 1. The van der Waals surface area contributed by atoms with Crippen molar-refractivity contribution >= 4 is 44.8 Å². The van der Waals surface area contributed by atoms with E-state index in [1.807, 2.05) is 6.92 Å². The highest BCUT2D eigenvalue weighted by Crippen LogP contribution is 2.37. The predicted octanol–water partition coefficient (Wildman–Crippen LogP) is 3.47. The summed E-state index contributed by atoms with van der Waals surface area (Å²) in [6, 6.07) is 7.27. The molecule has 0 saturated carbocycles. The van der Waals surface area contributed by atoms with Crippen LogP contribution < -0.4 is 15.4 Å². The summed E-state index contributed by atoms with van der Waals surface area (Å²) in [5.74, 6) is -0.385. The van der Waals surface area contributed by atoms with Crippen LogP contribution in [0.25, 0.3) is 0 Å². The van der Waals surface area contributed by atoms with Crippen LogP contribution >= 0.6 is 11.6 Å². The van der Waals surface area contributed by atoms with Crippen LogP contribution in [-0.2, 0) is 19.6 Å². The predicted molar refractivity (Wildman–Crippen MR) is 122 cm³/mol. The Kier molecular flexibility index (Phi) is 5.91. The van der Waals surface area contributed by atoms with Gasteiger partial charge in [-0.05, 0) is 69.0 Å². The van der Waals surface area contributed by atoms with Crippen LogP contribution in [0.2, 0.25) is 5.02 Å². The molecule has 2 amide bonds. The lowest BCUT2D eigenvalue weighted by Crippen LogP contribution is -2.43. The minimum absolute atomic E-state index is 0.0574. The molecule has 4 rings (SSSR count). The molecule has 2 aromatic rings. The van der Waals surface area contributed by atoms with E-state index in [2.05, 4.69) is 10.6 Å². The molecule has 170 valence electrons. The molecule has 2 aromatic carbocycles. The molecule has 2 aliphatic heterocycles. The number of hydrogen-bond acceptors (Lipinski definition) is 5. The number of aryl methyl sites for hydroxylation is 2. The molecular formula is C22H24ClN3O5S. The first kappa shape index (κ1) is 22.6. The molecule has 32 heavy (non-hydrogen) atoms. The Labute approximate surface area is 191 Å². The Balaban J connectivity index is 1.63. The van der Waals surface area contributed by atoms with Gasteiger partial charge in [0.1, 0.15) is 11.8 Å². The van der Waals surface area contributed by atoms with E-state index in [4.69, 9.17) is 16.3 Å². The standard InChI is InChI=1S/C22H24ClN3O5S/c1-12-9-15(23)6-7-16(12)24-22(28)18-5-4-8-26(18)32(29,30)20-11-19-17(10-13(20)2)25-21(27)14(3)31-19/h6-7,9-11,14,18H,4-5,8H2,1-3H3,(H,24,28)(H,25,27)/t14-,18-/m1/s1. The van der Waals surface area contributed by atoms with Gasteiger partial charge in [-0.1, -0.05) is 11.6 Å². The number of anilines is 2. The maximum Gasteiger partial charge on any atom is 0.265 e. The summed E-state index contributed by atoms with van der Waals surface area (Å²) in [5, 5.41) is 6.11. The maximum atomic E-state index is 13.6. The van der Waals surface area contributed by atoms with Crippen LogP contribution in [0.1, 0.15) is 30.9 Å². The van der Waals surface area contributed by atoms with Crippen molar-refractivity contribution in [3.8, 4) is 5.75 Å². The summed E-state index contributed by atoms with van der Waals surface area (Å²) in [7, 11) is -3.98. The molecule has 0 aromatic heterocycles. The number of nitrogens with zero attached hydrogens (tertiary/aromatic N) is 1. The number of benzene rings is 2. The van der Waals surface area contributed by atoms with Crippen molar-refractivity contribution in [2.75, 3.05) is 17.2 Å². The van der Waals surface area contributed by atoms with E-state index in [-0.39, 0.29) is 23.3 Å². The van der Waals surface area contributed by atoms with Crippen LogP contribution in [0.5, 0.6) is 5.75 Å². The first-order valence-electron chi connectivity index (χ1n) is 10.3. The first-order valence-corrected chi connectivity index (χ1v) is 12.1. The average Bonchev–Trinajstić information content (AvgIpc) is 3.22. The van der Waals surface area contributed by atoms with Crippen LogP contribution in [0.4, 0.5) is 11.4 Å². The highest BCUT2D eigenvalue weighted by Gasteiger charge is 2.41. The number of amides is 2. The highest BCUT2D eigenvalue weighted by molar-refractivity contribution is 7.89. The Morgan fingerprint density at radius 1 is 1.22 bits per heavy atom. The highest BCUT2D eigenvalue weighted by atomic mass is 35.5. The molecule has 0 spiro atoms. The lowest BCUT2D eigenvalue weighted by atomic mass is 10.1. The summed E-state index contributed by atoms with van der Waals surface area (Å²) in [6.45, 7) is 5.30. The second kappa shape index (κ2) is 8.38. The van der Waals surface area contributed by atoms with Crippen molar-refractivity contribution in [1.82, 2.24) is 4.31 Å². The fourth-order valence-corrected chi connectivity index (χ4v) is 6.13. The second-order valence-electron chi connectivity index (χ2n) is 8.09. The number of carbonyl (C=O) groups excluding carboxylic acids is 2. The Morgan fingerprint density at radius 2 is 1.97 bits per heavy atom. The van der Waals surface area contributed by atoms with E-state index < -0.39 is 22.2 Å². The van der Waals surface area contributed by atoms with Gasteiger partial charge in [0.25, 0.3) is 5.91 Å². The second-order valence-corrected chi connectivity index (χ2v) is 10.4. The van der Waals surface area contributed by atoms with E-state index in [0.717, 1.165) is 5.56 Å². The minimum atomic E-state index is -3.98. The van der Waals surface area contributed by atoms with Crippen LogP contribution in [0, 0.1) is 13.8 Å². The zero-order chi connectivity index (χ0) is 23.2. The van der Waals surface area contributed by atoms with Gasteiger partial charge in [0.15, 0.2) is 6.10 Å². The number of nitrogens with one attached hydrogen (secondary N) is 2. The van der Waals surface area contributed by atoms with E-state index in [9.17, 15) is 18.0 Å². The van der Waals surface area contributed by atoms with Crippen LogP contribution in [0.15, 0.2) is 35.2 Å². The molecule has 0 radical (unpaired) electrons. The molecular weight excluding hydrogens is 454 g/mol.